The molecule has 0 bridgehead atoms. The van der Waals surface area contributed by atoms with Crippen molar-refractivity contribution in [3.05, 3.63) is 24.3 Å². The van der Waals surface area contributed by atoms with E-state index < -0.39 is 9.84 Å². The van der Waals surface area contributed by atoms with E-state index in [4.69, 9.17) is 5.11 Å². The van der Waals surface area contributed by atoms with Crippen LogP contribution >= 0.6 is 0 Å². The van der Waals surface area contributed by atoms with Crippen LogP contribution < -0.4 is 5.32 Å². The molecule has 0 heterocycles. The molecule has 0 radical (unpaired) electrons. The average molecular weight is 257 g/mol. The minimum Gasteiger partial charge on any atom is -0.396 e. The molecule has 0 spiro atoms. The summed E-state index contributed by atoms with van der Waals surface area (Å²) in [4.78, 5) is 0.289. The van der Waals surface area contributed by atoms with Gasteiger partial charge in [-0.05, 0) is 25.0 Å². The molecule has 0 aromatic heterocycles. The van der Waals surface area contributed by atoms with E-state index in [-0.39, 0.29) is 23.5 Å². The van der Waals surface area contributed by atoms with Crippen molar-refractivity contribution in [1.29, 1.82) is 0 Å². The highest BCUT2D eigenvalue weighted by atomic mass is 32.2. The maximum absolute atomic E-state index is 11.6. The van der Waals surface area contributed by atoms with E-state index in [1.54, 1.807) is 24.3 Å². The molecule has 4 nitrogen and oxygen atoms in total. The standard InChI is InChI=1S/C12H19NO3S/c1-9(8-14)10(2)13-11-6-4-5-7-12(11)17(3,15)16/h4-7,9-10,13-14H,8H2,1-3H3. The van der Waals surface area contributed by atoms with Crippen molar-refractivity contribution in [2.45, 2.75) is 24.8 Å². The normalized spacial score (nSPS) is 15.3. The predicted octanol–water partition coefficient (Wildman–Crippen LogP) is 1.52. The molecule has 96 valence electrons. The lowest BCUT2D eigenvalue weighted by molar-refractivity contribution is 0.226. The zero-order chi connectivity index (χ0) is 13.1. The van der Waals surface area contributed by atoms with Gasteiger partial charge in [0.2, 0.25) is 0 Å². The van der Waals surface area contributed by atoms with E-state index in [1.165, 1.54) is 6.26 Å². The Morgan fingerprint density at radius 3 is 2.41 bits per heavy atom. The molecule has 0 aliphatic rings. The smallest absolute Gasteiger partial charge is 0.177 e. The molecule has 2 unspecified atom stereocenters. The van der Waals surface area contributed by atoms with Gasteiger partial charge < -0.3 is 10.4 Å². The number of hydrogen-bond acceptors (Lipinski definition) is 4. The molecule has 0 amide bonds. The van der Waals surface area contributed by atoms with Crippen molar-refractivity contribution in [1.82, 2.24) is 0 Å². The molecule has 0 aliphatic heterocycles. The Morgan fingerprint density at radius 2 is 1.88 bits per heavy atom. The topological polar surface area (TPSA) is 66.4 Å². The fourth-order valence-electron chi connectivity index (χ4n) is 1.45. The Morgan fingerprint density at radius 1 is 1.29 bits per heavy atom. The van der Waals surface area contributed by atoms with Gasteiger partial charge in [0.05, 0.1) is 10.6 Å². The van der Waals surface area contributed by atoms with Gasteiger partial charge in [0, 0.05) is 18.9 Å². The van der Waals surface area contributed by atoms with Crippen LogP contribution in [0.25, 0.3) is 0 Å². The number of benzene rings is 1. The zero-order valence-electron chi connectivity index (χ0n) is 10.3. The first-order chi connectivity index (χ1) is 7.86. The van der Waals surface area contributed by atoms with Crippen LogP contribution in [0, 0.1) is 5.92 Å². The number of aliphatic hydroxyl groups is 1. The van der Waals surface area contributed by atoms with E-state index in [0.717, 1.165) is 0 Å². The first-order valence-corrected chi connectivity index (χ1v) is 7.42. The van der Waals surface area contributed by atoms with E-state index >= 15 is 0 Å². The highest BCUT2D eigenvalue weighted by Crippen LogP contribution is 2.22. The van der Waals surface area contributed by atoms with Crippen molar-refractivity contribution >= 4 is 15.5 Å². The van der Waals surface area contributed by atoms with Crippen molar-refractivity contribution in [3.63, 3.8) is 0 Å². The van der Waals surface area contributed by atoms with Crippen molar-refractivity contribution < 1.29 is 13.5 Å². The highest BCUT2D eigenvalue weighted by Gasteiger charge is 2.16. The van der Waals surface area contributed by atoms with Crippen LogP contribution in [-0.2, 0) is 9.84 Å². The molecule has 1 aromatic rings. The summed E-state index contributed by atoms with van der Waals surface area (Å²) in [6.07, 6.45) is 1.19. The van der Waals surface area contributed by atoms with Crippen LogP contribution in [0.3, 0.4) is 0 Å². The summed E-state index contributed by atoms with van der Waals surface area (Å²) in [5.41, 5.74) is 0.586. The third kappa shape index (κ3) is 3.71. The summed E-state index contributed by atoms with van der Waals surface area (Å²) in [5, 5.41) is 12.2. The number of nitrogens with one attached hydrogen (secondary N) is 1. The van der Waals surface area contributed by atoms with Gasteiger partial charge in [-0.2, -0.15) is 0 Å². The molecule has 0 fully saturated rings. The lowest BCUT2D eigenvalue weighted by atomic mass is 10.0. The molecular weight excluding hydrogens is 238 g/mol. The van der Waals surface area contributed by atoms with E-state index in [1.807, 2.05) is 13.8 Å². The minimum absolute atomic E-state index is 0.00269. The van der Waals surface area contributed by atoms with E-state index in [2.05, 4.69) is 5.32 Å². The third-order valence-electron chi connectivity index (χ3n) is 2.81. The maximum atomic E-state index is 11.6. The highest BCUT2D eigenvalue weighted by molar-refractivity contribution is 7.90. The number of sulfone groups is 1. The molecule has 0 saturated carbocycles. The van der Waals surface area contributed by atoms with Crippen LogP contribution in [0.5, 0.6) is 0 Å². The van der Waals surface area contributed by atoms with Gasteiger partial charge in [-0.15, -0.1) is 0 Å². The zero-order valence-corrected chi connectivity index (χ0v) is 11.2. The summed E-state index contributed by atoms with van der Waals surface area (Å²) >= 11 is 0. The van der Waals surface area contributed by atoms with Crippen LogP contribution in [0.15, 0.2) is 29.2 Å². The Balaban J connectivity index is 3.00. The van der Waals surface area contributed by atoms with Crippen molar-refractivity contribution in [3.8, 4) is 0 Å². The SMILES string of the molecule is CC(CO)C(C)Nc1ccccc1S(C)(=O)=O. The molecule has 1 aromatic carbocycles. The maximum Gasteiger partial charge on any atom is 0.177 e. The molecule has 5 heteroatoms. The van der Waals surface area contributed by atoms with Crippen LogP contribution in [0.2, 0.25) is 0 Å². The van der Waals surface area contributed by atoms with E-state index in [0.29, 0.717) is 5.69 Å². The molecule has 2 N–H and O–H groups in total. The Kier molecular flexibility index (Phi) is 4.54. The van der Waals surface area contributed by atoms with Crippen LogP contribution in [0.4, 0.5) is 5.69 Å². The summed E-state index contributed by atoms with van der Waals surface area (Å²) in [7, 11) is -3.24. The summed E-state index contributed by atoms with van der Waals surface area (Å²) < 4.78 is 23.2. The first-order valence-electron chi connectivity index (χ1n) is 5.52. The molecule has 0 aliphatic carbocycles. The van der Waals surface area contributed by atoms with Gasteiger partial charge in [-0.3, -0.25) is 0 Å². The van der Waals surface area contributed by atoms with Gasteiger partial charge in [-0.25, -0.2) is 8.42 Å². The lowest BCUT2D eigenvalue weighted by Gasteiger charge is -2.21. The quantitative estimate of drug-likeness (QED) is 0.839. The second-order valence-electron chi connectivity index (χ2n) is 4.36. The molecule has 2 atom stereocenters. The fraction of sp³-hybridized carbons (Fsp3) is 0.500. The monoisotopic (exact) mass is 257 g/mol. The number of aliphatic hydroxyl groups excluding tert-OH is 1. The van der Waals surface area contributed by atoms with Gasteiger partial charge >= 0.3 is 0 Å². The second kappa shape index (κ2) is 5.51. The first kappa shape index (κ1) is 14.0. The van der Waals surface area contributed by atoms with Crippen LogP contribution in [-0.4, -0.2) is 32.4 Å². The fourth-order valence-corrected chi connectivity index (χ4v) is 2.31. The lowest BCUT2D eigenvalue weighted by Crippen LogP contribution is -2.27. The number of rotatable bonds is 5. The van der Waals surface area contributed by atoms with Gasteiger partial charge in [0.25, 0.3) is 0 Å². The molecule has 17 heavy (non-hydrogen) atoms. The molecule has 0 saturated heterocycles. The van der Waals surface area contributed by atoms with E-state index in [9.17, 15) is 8.42 Å². The van der Waals surface area contributed by atoms with Gasteiger partial charge in [-0.1, -0.05) is 19.1 Å². The third-order valence-corrected chi connectivity index (χ3v) is 3.97. The van der Waals surface area contributed by atoms with Gasteiger partial charge in [0.15, 0.2) is 9.84 Å². The number of anilines is 1. The minimum atomic E-state index is -3.24. The Labute approximate surface area is 103 Å². The van der Waals surface area contributed by atoms with Crippen LogP contribution in [0.1, 0.15) is 13.8 Å². The van der Waals surface area contributed by atoms with Crippen molar-refractivity contribution in [2.75, 3.05) is 18.2 Å². The Bertz CT molecular complexity index is 470. The molecular formula is C12H19NO3S. The molecule has 1 rings (SSSR count). The van der Waals surface area contributed by atoms with Crippen molar-refractivity contribution in [2.24, 2.45) is 5.92 Å². The summed E-state index contributed by atoms with van der Waals surface area (Å²) in [5.74, 6) is 0.0580. The number of hydrogen-bond donors (Lipinski definition) is 2. The second-order valence-corrected chi connectivity index (χ2v) is 6.35. The van der Waals surface area contributed by atoms with Gasteiger partial charge in [0.1, 0.15) is 0 Å². The number of para-hydroxylation sites is 1. The largest absolute Gasteiger partial charge is 0.396 e. The summed E-state index contributed by atoms with van der Waals surface area (Å²) in [6.45, 7) is 3.88. The summed E-state index contributed by atoms with van der Waals surface area (Å²) in [6, 6.07) is 6.79. The average Bonchev–Trinajstić information content (AvgIpc) is 2.27. The Hall–Kier alpha value is -1.07. The predicted molar refractivity (Wildman–Crippen MR) is 68.9 cm³/mol.